The molecule has 1 aromatic carbocycles. The van der Waals surface area contributed by atoms with Crippen LogP contribution in [0.4, 0.5) is 4.39 Å². The summed E-state index contributed by atoms with van der Waals surface area (Å²) >= 11 is 5.90. The zero-order chi connectivity index (χ0) is 11.9. The molecule has 82 valence electrons. The van der Waals surface area contributed by atoms with E-state index in [1.807, 2.05) is 0 Å². The van der Waals surface area contributed by atoms with E-state index in [0.717, 1.165) is 0 Å². The molecule has 0 bridgehead atoms. The Kier molecular flexibility index (Phi) is 2.52. The van der Waals surface area contributed by atoms with Crippen LogP contribution in [0.15, 0.2) is 18.2 Å². The van der Waals surface area contributed by atoms with Gasteiger partial charge in [0.25, 0.3) is 0 Å². The van der Waals surface area contributed by atoms with E-state index >= 15 is 0 Å². The molecule has 2 aromatic rings. The molecule has 0 aliphatic carbocycles. The van der Waals surface area contributed by atoms with Crippen molar-refractivity contribution in [2.75, 3.05) is 0 Å². The van der Waals surface area contributed by atoms with Crippen LogP contribution in [-0.2, 0) is 0 Å². The zero-order valence-corrected chi connectivity index (χ0v) is 9.05. The number of carboxylic acids is 1. The van der Waals surface area contributed by atoms with Gasteiger partial charge in [-0.15, -0.1) is 0 Å². The predicted molar refractivity (Wildman–Crippen MR) is 58.4 cm³/mol. The molecule has 0 atom stereocenters. The van der Waals surface area contributed by atoms with Gasteiger partial charge in [-0.05, 0) is 25.1 Å². The molecule has 0 saturated heterocycles. The quantitative estimate of drug-likeness (QED) is 0.832. The van der Waals surface area contributed by atoms with E-state index in [1.165, 1.54) is 25.1 Å². The molecule has 0 aliphatic heterocycles. The van der Waals surface area contributed by atoms with Crippen molar-refractivity contribution in [1.29, 1.82) is 0 Å². The van der Waals surface area contributed by atoms with Crippen molar-refractivity contribution in [3.05, 3.63) is 40.3 Å². The number of aromatic nitrogens is 1. The highest BCUT2D eigenvalue weighted by atomic mass is 35.5. The molecule has 1 heterocycles. The smallest absolute Gasteiger partial charge is 0.354 e. The number of halogens is 2. The molecule has 0 saturated carbocycles. The van der Waals surface area contributed by atoms with Crippen LogP contribution >= 0.6 is 11.6 Å². The monoisotopic (exact) mass is 239 g/mol. The van der Waals surface area contributed by atoms with Crippen LogP contribution in [0.1, 0.15) is 16.1 Å². The Morgan fingerprint density at radius 3 is 2.81 bits per heavy atom. The second-order valence-corrected chi connectivity index (χ2v) is 3.77. The minimum atomic E-state index is -1.19. The first-order valence-corrected chi connectivity index (χ1v) is 4.87. The molecule has 0 spiro atoms. The highest BCUT2D eigenvalue weighted by molar-refractivity contribution is 6.35. The zero-order valence-electron chi connectivity index (χ0n) is 8.29. The van der Waals surface area contributed by atoms with Crippen molar-refractivity contribution in [1.82, 2.24) is 4.98 Å². The van der Waals surface area contributed by atoms with Gasteiger partial charge in [0.2, 0.25) is 0 Å². The summed E-state index contributed by atoms with van der Waals surface area (Å²) in [5.41, 5.74) is 0.388. The van der Waals surface area contributed by atoms with Crippen molar-refractivity contribution >= 4 is 28.5 Å². The number of hydrogen-bond donors (Lipinski definition) is 1. The molecule has 0 aliphatic rings. The van der Waals surface area contributed by atoms with Crippen LogP contribution in [0, 0.1) is 12.7 Å². The molecule has 1 N–H and O–H groups in total. The minimum absolute atomic E-state index is 0.189. The summed E-state index contributed by atoms with van der Waals surface area (Å²) in [4.78, 5) is 14.7. The third-order valence-corrected chi connectivity index (χ3v) is 2.65. The number of aryl methyl sites for hydroxylation is 1. The summed E-state index contributed by atoms with van der Waals surface area (Å²) in [6.07, 6.45) is 0. The molecule has 2 rings (SSSR count). The molecule has 16 heavy (non-hydrogen) atoms. The lowest BCUT2D eigenvalue weighted by molar-refractivity contribution is 0.0691. The van der Waals surface area contributed by atoms with Crippen molar-refractivity contribution < 1.29 is 14.3 Å². The lowest BCUT2D eigenvalue weighted by atomic mass is 10.1. The highest BCUT2D eigenvalue weighted by Gasteiger charge is 2.12. The second kappa shape index (κ2) is 3.72. The van der Waals surface area contributed by atoms with Crippen LogP contribution < -0.4 is 0 Å². The van der Waals surface area contributed by atoms with Gasteiger partial charge < -0.3 is 5.11 Å². The number of benzene rings is 1. The number of hydrogen-bond acceptors (Lipinski definition) is 2. The summed E-state index contributed by atoms with van der Waals surface area (Å²) in [7, 11) is 0. The molecule has 1 aromatic heterocycles. The third kappa shape index (κ3) is 1.61. The van der Waals surface area contributed by atoms with Gasteiger partial charge in [-0.1, -0.05) is 11.6 Å². The molecule has 3 nitrogen and oxygen atoms in total. The largest absolute Gasteiger partial charge is 0.477 e. The summed E-state index contributed by atoms with van der Waals surface area (Å²) in [6.45, 7) is 1.53. The maximum atomic E-state index is 13.3. The second-order valence-electron chi connectivity index (χ2n) is 3.36. The first-order valence-electron chi connectivity index (χ1n) is 4.49. The third-order valence-electron chi connectivity index (χ3n) is 2.34. The number of pyridine rings is 1. The summed E-state index contributed by atoms with van der Waals surface area (Å²) in [5.74, 6) is -1.62. The lowest BCUT2D eigenvalue weighted by Gasteiger charge is -2.05. The van der Waals surface area contributed by atoms with E-state index in [9.17, 15) is 9.18 Å². The predicted octanol–water partition coefficient (Wildman–Crippen LogP) is 3.03. The van der Waals surface area contributed by atoms with Gasteiger partial charge in [0.05, 0.1) is 10.5 Å². The highest BCUT2D eigenvalue weighted by Crippen LogP contribution is 2.26. The Bertz CT molecular complexity index is 598. The van der Waals surface area contributed by atoms with E-state index in [-0.39, 0.29) is 16.2 Å². The fourth-order valence-corrected chi connectivity index (χ4v) is 1.73. The van der Waals surface area contributed by atoms with Crippen LogP contribution in [0.3, 0.4) is 0 Å². The van der Waals surface area contributed by atoms with Gasteiger partial charge in [-0.25, -0.2) is 14.2 Å². The molecule has 0 amide bonds. The van der Waals surface area contributed by atoms with Crippen molar-refractivity contribution in [2.45, 2.75) is 6.92 Å². The fraction of sp³-hybridized carbons (Fsp3) is 0.0909. The fourth-order valence-electron chi connectivity index (χ4n) is 1.47. The number of nitrogens with zero attached hydrogens (tertiary/aromatic N) is 1. The number of carboxylic acid groups (broad SMARTS) is 1. The molecule has 0 radical (unpaired) electrons. The maximum absolute atomic E-state index is 13.3. The van der Waals surface area contributed by atoms with Crippen molar-refractivity contribution in [3.8, 4) is 0 Å². The van der Waals surface area contributed by atoms with E-state index in [2.05, 4.69) is 4.98 Å². The lowest BCUT2D eigenvalue weighted by Crippen LogP contribution is -2.01. The van der Waals surface area contributed by atoms with Gasteiger partial charge >= 0.3 is 5.97 Å². The summed E-state index contributed by atoms with van der Waals surface area (Å²) in [6, 6.07) is 4.02. The average molecular weight is 240 g/mol. The van der Waals surface area contributed by atoms with Gasteiger partial charge in [0, 0.05) is 10.9 Å². The SMILES string of the molecule is Cc1c(F)ccc2c(Cl)cc(C(=O)O)nc12. The van der Waals surface area contributed by atoms with Gasteiger partial charge in [0.1, 0.15) is 11.5 Å². The van der Waals surface area contributed by atoms with Gasteiger partial charge in [0.15, 0.2) is 0 Å². The molecule has 0 fully saturated rings. The topological polar surface area (TPSA) is 50.2 Å². The molecular weight excluding hydrogens is 233 g/mol. The molecule has 5 heteroatoms. The first-order chi connectivity index (χ1) is 7.50. The van der Waals surface area contributed by atoms with E-state index in [4.69, 9.17) is 16.7 Å². The van der Waals surface area contributed by atoms with Gasteiger partial charge in [-0.2, -0.15) is 0 Å². The standard InChI is InChI=1S/C11H7ClFNO2/c1-5-8(13)3-2-6-7(12)4-9(11(15)16)14-10(5)6/h2-4H,1H3,(H,15,16). The summed E-state index contributed by atoms with van der Waals surface area (Å²) < 4.78 is 13.3. The normalized spacial score (nSPS) is 10.7. The first kappa shape index (κ1) is 10.8. The van der Waals surface area contributed by atoms with E-state index in [0.29, 0.717) is 10.9 Å². The van der Waals surface area contributed by atoms with Crippen molar-refractivity contribution in [2.24, 2.45) is 0 Å². The maximum Gasteiger partial charge on any atom is 0.354 e. The van der Waals surface area contributed by atoms with Gasteiger partial charge in [-0.3, -0.25) is 0 Å². The number of aromatic carboxylic acids is 1. The average Bonchev–Trinajstić information content (AvgIpc) is 2.23. The number of rotatable bonds is 1. The Morgan fingerprint density at radius 2 is 2.19 bits per heavy atom. The van der Waals surface area contributed by atoms with Crippen LogP contribution in [0.2, 0.25) is 5.02 Å². The van der Waals surface area contributed by atoms with Crippen LogP contribution in [0.5, 0.6) is 0 Å². The van der Waals surface area contributed by atoms with Crippen LogP contribution in [-0.4, -0.2) is 16.1 Å². The molecule has 0 unspecified atom stereocenters. The van der Waals surface area contributed by atoms with Crippen molar-refractivity contribution in [3.63, 3.8) is 0 Å². The summed E-state index contributed by atoms with van der Waals surface area (Å²) in [5, 5.41) is 9.62. The minimum Gasteiger partial charge on any atom is -0.477 e. The van der Waals surface area contributed by atoms with E-state index in [1.54, 1.807) is 0 Å². The Labute approximate surface area is 95.5 Å². The Hall–Kier alpha value is -1.68. The Balaban J connectivity index is 2.88. The number of carbonyl (C=O) groups is 1. The Morgan fingerprint density at radius 1 is 1.50 bits per heavy atom. The van der Waals surface area contributed by atoms with E-state index < -0.39 is 11.8 Å². The van der Waals surface area contributed by atoms with Crippen LogP contribution in [0.25, 0.3) is 10.9 Å². The molecular formula is C11H7ClFNO2. The number of fused-ring (bicyclic) bond motifs is 1.